The minimum atomic E-state index is -2.96. The number of carboxylic acids is 1. The van der Waals surface area contributed by atoms with Gasteiger partial charge in [0.25, 0.3) is 5.92 Å². The summed E-state index contributed by atoms with van der Waals surface area (Å²) >= 11 is 0. The first-order valence-electron chi connectivity index (χ1n) is 6.73. The number of hydrogen-bond acceptors (Lipinski definition) is 2. The van der Waals surface area contributed by atoms with Crippen molar-refractivity contribution >= 4 is 5.97 Å². The second-order valence-electron chi connectivity index (χ2n) is 5.75. The van der Waals surface area contributed by atoms with E-state index in [2.05, 4.69) is 0 Å². The van der Waals surface area contributed by atoms with Crippen LogP contribution >= 0.6 is 0 Å². The first-order valence-corrected chi connectivity index (χ1v) is 6.73. The highest BCUT2D eigenvalue weighted by molar-refractivity contribution is 5.74. The van der Waals surface area contributed by atoms with Gasteiger partial charge in [-0.2, -0.15) is 8.78 Å². The van der Waals surface area contributed by atoms with Gasteiger partial charge in [-0.3, -0.25) is 9.69 Å². The number of carbonyl (C=O) groups is 1. The lowest BCUT2D eigenvalue weighted by Crippen LogP contribution is -2.49. The molecular formula is C15H19F2NO2. The summed E-state index contributed by atoms with van der Waals surface area (Å²) in [6, 6.07) is 7.67. The molecule has 5 heteroatoms. The third-order valence-electron chi connectivity index (χ3n) is 3.91. The van der Waals surface area contributed by atoms with Crippen LogP contribution in [-0.4, -0.2) is 35.6 Å². The van der Waals surface area contributed by atoms with Crippen molar-refractivity contribution in [3.05, 3.63) is 35.9 Å². The molecule has 0 bridgehead atoms. The number of aliphatic carboxylic acids is 1. The standard InChI is InChI=1S/C15H19F2NO2/c1-14(13(19)20)8-5-9-18(10-14)11-15(16,17)12-6-3-2-4-7-12/h2-4,6-7H,5,8-11H2,1H3,(H,19,20). The van der Waals surface area contributed by atoms with E-state index in [1.54, 1.807) is 30.0 Å². The maximum atomic E-state index is 14.2. The predicted molar refractivity (Wildman–Crippen MR) is 71.8 cm³/mol. The predicted octanol–water partition coefficient (Wildman–Crippen LogP) is 2.97. The molecule has 0 amide bonds. The fourth-order valence-electron chi connectivity index (χ4n) is 2.71. The zero-order valence-corrected chi connectivity index (χ0v) is 11.5. The monoisotopic (exact) mass is 283 g/mol. The molecule has 2 rings (SSSR count). The molecule has 0 spiro atoms. The molecule has 0 aromatic heterocycles. The highest BCUT2D eigenvalue weighted by Crippen LogP contribution is 2.34. The van der Waals surface area contributed by atoms with E-state index in [-0.39, 0.29) is 12.1 Å². The van der Waals surface area contributed by atoms with Gasteiger partial charge in [0.05, 0.1) is 12.0 Å². The van der Waals surface area contributed by atoms with Crippen molar-refractivity contribution < 1.29 is 18.7 Å². The van der Waals surface area contributed by atoms with Gasteiger partial charge in [0.1, 0.15) is 0 Å². The zero-order valence-electron chi connectivity index (χ0n) is 11.5. The van der Waals surface area contributed by atoms with Gasteiger partial charge in [-0.25, -0.2) is 0 Å². The summed E-state index contributed by atoms with van der Waals surface area (Å²) < 4.78 is 28.4. The Bertz CT molecular complexity index is 478. The molecule has 3 nitrogen and oxygen atoms in total. The second kappa shape index (κ2) is 5.48. The van der Waals surface area contributed by atoms with Crippen LogP contribution in [0.5, 0.6) is 0 Å². The Morgan fingerprint density at radius 2 is 2.05 bits per heavy atom. The lowest BCUT2D eigenvalue weighted by Gasteiger charge is -2.38. The Morgan fingerprint density at radius 1 is 1.40 bits per heavy atom. The van der Waals surface area contributed by atoms with E-state index in [1.807, 2.05) is 0 Å². The minimum Gasteiger partial charge on any atom is -0.481 e. The zero-order chi connectivity index (χ0) is 14.8. The number of alkyl halides is 2. The van der Waals surface area contributed by atoms with E-state index in [0.29, 0.717) is 19.4 Å². The van der Waals surface area contributed by atoms with E-state index in [0.717, 1.165) is 0 Å². The number of hydrogen-bond donors (Lipinski definition) is 1. The molecule has 20 heavy (non-hydrogen) atoms. The summed E-state index contributed by atoms with van der Waals surface area (Å²) in [6.45, 7) is 1.89. The van der Waals surface area contributed by atoms with Crippen LogP contribution in [0.2, 0.25) is 0 Å². The molecule has 1 aliphatic rings. The van der Waals surface area contributed by atoms with Crippen LogP contribution in [0.1, 0.15) is 25.3 Å². The third-order valence-corrected chi connectivity index (χ3v) is 3.91. The van der Waals surface area contributed by atoms with E-state index in [1.165, 1.54) is 12.1 Å². The molecule has 1 saturated heterocycles. The SMILES string of the molecule is CC1(C(=O)O)CCCN(CC(F)(F)c2ccccc2)C1. The molecule has 1 unspecified atom stereocenters. The smallest absolute Gasteiger partial charge is 0.310 e. The maximum absolute atomic E-state index is 14.2. The van der Waals surface area contributed by atoms with Gasteiger partial charge in [-0.15, -0.1) is 0 Å². The average molecular weight is 283 g/mol. The molecule has 0 saturated carbocycles. The number of rotatable bonds is 4. The topological polar surface area (TPSA) is 40.5 Å². The maximum Gasteiger partial charge on any atom is 0.310 e. The van der Waals surface area contributed by atoms with E-state index >= 15 is 0 Å². The quantitative estimate of drug-likeness (QED) is 0.923. The lowest BCUT2D eigenvalue weighted by molar-refractivity contribution is -0.152. The van der Waals surface area contributed by atoms with Crippen LogP contribution in [0.3, 0.4) is 0 Å². The summed E-state index contributed by atoms with van der Waals surface area (Å²) in [5, 5.41) is 9.22. The van der Waals surface area contributed by atoms with Crippen molar-refractivity contribution in [2.24, 2.45) is 5.41 Å². The van der Waals surface area contributed by atoms with Gasteiger partial charge < -0.3 is 5.11 Å². The van der Waals surface area contributed by atoms with Gasteiger partial charge in [0.2, 0.25) is 0 Å². The summed E-state index contributed by atoms with van der Waals surface area (Å²) in [7, 11) is 0. The highest BCUT2D eigenvalue weighted by atomic mass is 19.3. The molecule has 110 valence electrons. The number of nitrogens with zero attached hydrogens (tertiary/aromatic N) is 1. The number of carboxylic acid groups (broad SMARTS) is 1. The summed E-state index contributed by atoms with van der Waals surface area (Å²) in [5.41, 5.74) is -0.951. The first kappa shape index (κ1) is 14.9. The van der Waals surface area contributed by atoms with Crippen LogP contribution in [0, 0.1) is 5.41 Å². The molecule has 1 heterocycles. The molecule has 1 aliphatic heterocycles. The van der Waals surface area contributed by atoms with Crippen molar-refractivity contribution in [3.63, 3.8) is 0 Å². The van der Waals surface area contributed by atoms with E-state index < -0.39 is 23.9 Å². The van der Waals surface area contributed by atoms with Crippen LogP contribution < -0.4 is 0 Å². The molecule has 1 aromatic carbocycles. The Kier molecular flexibility index (Phi) is 4.09. The normalized spacial score (nSPS) is 24.6. The van der Waals surface area contributed by atoms with Crippen molar-refractivity contribution in [3.8, 4) is 0 Å². The van der Waals surface area contributed by atoms with Crippen molar-refractivity contribution in [1.82, 2.24) is 4.90 Å². The molecule has 1 N–H and O–H groups in total. The fraction of sp³-hybridized carbons (Fsp3) is 0.533. The van der Waals surface area contributed by atoms with Gasteiger partial charge in [-0.05, 0) is 26.3 Å². The molecule has 1 aromatic rings. The van der Waals surface area contributed by atoms with Crippen molar-refractivity contribution in [2.45, 2.75) is 25.7 Å². The Balaban J connectivity index is 2.08. The second-order valence-corrected chi connectivity index (χ2v) is 5.75. The summed E-state index contributed by atoms with van der Waals surface area (Å²) in [6.07, 6.45) is 1.17. The van der Waals surface area contributed by atoms with Crippen molar-refractivity contribution in [1.29, 1.82) is 0 Å². The number of piperidine rings is 1. The molecular weight excluding hydrogens is 264 g/mol. The van der Waals surface area contributed by atoms with Crippen molar-refractivity contribution in [2.75, 3.05) is 19.6 Å². The highest BCUT2D eigenvalue weighted by Gasteiger charge is 2.41. The average Bonchev–Trinajstić information content (AvgIpc) is 2.39. The molecule has 0 radical (unpaired) electrons. The Labute approximate surface area is 117 Å². The van der Waals surface area contributed by atoms with Crippen LogP contribution in [-0.2, 0) is 10.7 Å². The van der Waals surface area contributed by atoms with E-state index in [9.17, 15) is 18.7 Å². The van der Waals surface area contributed by atoms with Crippen LogP contribution in [0.25, 0.3) is 0 Å². The van der Waals surface area contributed by atoms with Gasteiger partial charge in [0.15, 0.2) is 0 Å². The van der Waals surface area contributed by atoms with Gasteiger partial charge in [-0.1, -0.05) is 30.3 Å². The minimum absolute atomic E-state index is 0.0254. The van der Waals surface area contributed by atoms with E-state index in [4.69, 9.17) is 0 Å². The summed E-state index contributed by atoms with van der Waals surface area (Å²) in [4.78, 5) is 12.8. The Morgan fingerprint density at radius 3 is 2.65 bits per heavy atom. The third kappa shape index (κ3) is 3.15. The van der Waals surface area contributed by atoms with Gasteiger partial charge >= 0.3 is 5.97 Å². The number of halogens is 2. The summed E-state index contributed by atoms with van der Waals surface area (Å²) in [5.74, 6) is -3.87. The first-order chi connectivity index (χ1) is 9.33. The van der Waals surface area contributed by atoms with Gasteiger partial charge in [0, 0.05) is 12.1 Å². The largest absolute Gasteiger partial charge is 0.481 e. The fourth-order valence-corrected chi connectivity index (χ4v) is 2.71. The number of benzene rings is 1. The molecule has 1 atom stereocenters. The van der Waals surface area contributed by atoms with Crippen LogP contribution in [0.15, 0.2) is 30.3 Å². The molecule has 0 aliphatic carbocycles. The Hall–Kier alpha value is -1.49. The number of likely N-dealkylation sites (tertiary alicyclic amines) is 1. The van der Waals surface area contributed by atoms with Crippen LogP contribution in [0.4, 0.5) is 8.78 Å². The molecule has 1 fully saturated rings. The lowest BCUT2D eigenvalue weighted by atomic mass is 9.82.